The van der Waals surface area contributed by atoms with Crippen molar-refractivity contribution in [3.8, 4) is 0 Å². The van der Waals surface area contributed by atoms with Crippen LogP contribution in [0.25, 0.3) is 0 Å². The maximum absolute atomic E-state index is 9.58. The molecule has 12 heavy (non-hydrogen) atoms. The molecule has 0 bridgehead atoms. The van der Waals surface area contributed by atoms with Gasteiger partial charge in [-0.15, -0.1) is 0 Å². The van der Waals surface area contributed by atoms with Crippen LogP contribution in [0.1, 0.15) is 0 Å². The molecule has 0 aromatic heterocycles. The third kappa shape index (κ3) is 22.6. The van der Waals surface area contributed by atoms with Crippen LogP contribution in [-0.4, -0.2) is 14.7 Å². The lowest BCUT2D eigenvalue weighted by atomic mass is 11.2. The molecule has 0 aliphatic heterocycles. The topological polar surface area (TPSA) is 104 Å². The van der Waals surface area contributed by atoms with Gasteiger partial charge in [0, 0.05) is 5.82 Å². The fourth-order valence-electron chi connectivity index (χ4n) is 0.0713. The smallest absolute Gasteiger partial charge is 0.364 e. The molecule has 0 aromatic rings. The first-order valence-electron chi connectivity index (χ1n) is 2.52. The van der Waals surface area contributed by atoms with Crippen LogP contribution < -0.4 is 0 Å². The van der Waals surface area contributed by atoms with Gasteiger partial charge in [-0.05, 0) is 0 Å². The van der Waals surface area contributed by atoms with Crippen LogP contribution in [0.5, 0.6) is 0 Å². The van der Waals surface area contributed by atoms with E-state index >= 15 is 0 Å². The highest BCUT2D eigenvalue weighted by Gasteiger charge is 2.00. The van der Waals surface area contributed by atoms with Crippen LogP contribution >= 0.6 is 15.9 Å². The Balaban J connectivity index is 0. The Hall–Kier alpha value is -0.380. The van der Waals surface area contributed by atoms with E-state index in [4.69, 9.17) is 14.7 Å². The van der Waals surface area contributed by atoms with E-state index in [1.54, 1.807) is 0 Å². The van der Waals surface area contributed by atoms with Gasteiger partial charge in [-0.25, -0.2) is 4.57 Å². The number of rotatable bonds is 3. The van der Waals surface area contributed by atoms with Gasteiger partial charge in [-0.2, -0.15) is 0 Å². The fraction of sp³-hybridized carbons (Fsp3) is 0. The SMILES string of the molecule is C=CO[PH](=O)O.C=CP(=O)(O)O. The van der Waals surface area contributed by atoms with Crippen molar-refractivity contribution in [2.24, 2.45) is 0 Å². The normalized spacial score (nSPS) is 11.9. The molecule has 0 aliphatic carbocycles. The minimum Gasteiger partial charge on any atom is -0.435 e. The van der Waals surface area contributed by atoms with Gasteiger partial charge >= 0.3 is 15.9 Å². The van der Waals surface area contributed by atoms with Crippen molar-refractivity contribution in [1.82, 2.24) is 0 Å². The van der Waals surface area contributed by atoms with Gasteiger partial charge in [-0.3, -0.25) is 4.57 Å². The summed E-state index contributed by atoms with van der Waals surface area (Å²) < 4.78 is 23.0. The highest BCUT2D eigenvalue weighted by atomic mass is 31.2. The maximum atomic E-state index is 9.58. The second-order valence-corrected chi connectivity index (χ2v) is 3.63. The Kier molecular flexibility index (Phi) is 8.59. The molecule has 0 aromatic carbocycles. The zero-order valence-electron chi connectivity index (χ0n) is 6.08. The summed E-state index contributed by atoms with van der Waals surface area (Å²) in [4.78, 5) is 23.4. The molecule has 3 N–H and O–H groups in total. The van der Waals surface area contributed by atoms with Crippen LogP contribution in [-0.2, 0) is 13.7 Å². The van der Waals surface area contributed by atoms with Crippen molar-refractivity contribution in [1.29, 1.82) is 0 Å². The van der Waals surface area contributed by atoms with Crippen molar-refractivity contribution < 1.29 is 28.3 Å². The van der Waals surface area contributed by atoms with Gasteiger partial charge in [0.1, 0.15) is 0 Å². The van der Waals surface area contributed by atoms with Crippen LogP contribution in [0, 0.1) is 0 Å². The summed E-state index contributed by atoms with van der Waals surface area (Å²) in [7, 11) is -6.64. The molecule has 0 saturated carbocycles. The third-order valence-electron chi connectivity index (χ3n) is 0.422. The first kappa shape index (κ1) is 14.2. The summed E-state index contributed by atoms with van der Waals surface area (Å²) in [5.74, 6) is 0.604. The Labute approximate surface area is 70.3 Å². The van der Waals surface area contributed by atoms with E-state index in [1.165, 1.54) is 0 Å². The second-order valence-electron chi connectivity index (χ2n) is 1.32. The van der Waals surface area contributed by atoms with Crippen molar-refractivity contribution in [3.63, 3.8) is 0 Å². The molecule has 1 atom stereocenters. The maximum Gasteiger partial charge on any atom is 0.364 e. The van der Waals surface area contributed by atoms with Crippen LogP contribution in [0.2, 0.25) is 0 Å². The van der Waals surface area contributed by atoms with Gasteiger partial charge in [0.25, 0.3) is 0 Å². The average Bonchev–Trinajstić information content (AvgIpc) is 1.87. The molecule has 0 radical (unpaired) electrons. The van der Waals surface area contributed by atoms with Gasteiger partial charge in [-0.1, -0.05) is 13.2 Å². The summed E-state index contributed by atoms with van der Waals surface area (Å²) in [6.07, 6.45) is 0.932. The van der Waals surface area contributed by atoms with E-state index < -0.39 is 15.9 Å². The highest BCUT2D eigenvalue weighted by molar-refractivity contribution is 7.55. The van der Waals surface area contributed by atoms with E-state index in [0.29, 0.717) is 5.82 Å². The second kappa shape index (κ2) is 7.28. The van der Waals surface area contributed by atoms with Crippen molar-refractivity contribution in [2.45, 2.75) is 0 Å². The minimum absolute atomic E-state index is 0.604. The zero-order valence-corrected chi connectivity index (χ0v) is 7.98. The average molecular weight is 216 g/mol. The largest absolute Gasteiger partial charge is 0.435 e. The molecule has 72 valence electrons. The molecular weight excluding hydrogens is 206 g/mol. The predicted octanol–water partition coefficient (Wildman–Crippen LogP) is 0.836. The highest BCUT2D eigenvalue weighted by Crippen LogP contribution is 2.34. The molecule has 0 amide bonds. The van der Waals surface area contributed by atoms with Crippen LogP contribution in [0.3, 0.4) is 0 Å². The quantitative estimate of drug-likeness (QED) is 0.476. The minimum atomic E-state index is -3.88. The fourth-order valence-corrected chi connectivity index (χ4v) is 0.214. The van der Waals surface area contributed by atoms with Crippen molar-refractivity contribution in [2.75, 3.05) is 0 Å². The van der Waals surface area contributed by atoms with E-state index in [-0.39, 0.29) is 0 Å². The van der Waals surface area contributed by atoms with Gasteiger partial charge in [0.05, 0.1) is 6.26 Å². The Morgan fingerprint density at radius 1 is 1.42 bits per heavy atom. The van der Waals surface area contributed by atoms with E-state index in [2.05, 4.69) is 17.7 Å². The lowest BCUT2D eigenvalue weighted by Crippen LogP contribution is -1.63. The molecule has 0 spiro atoms. The Morgan fingerprint density at radius 3 is 1.75 bits per heavy atom. The van der Waals surface area contributed by atoms with E-state index in [9.17, 15) is 9.13 Å². The zero-order chi connectivity index (χ0) is 10.2. The molecule has 0 fully saturated rings. The van der Waals surface area contributed by atoms with Crippen molar-refractivity contribution >= 4 is 15.9 Å². The lowest BCUT2D eigenvalue weighted by Gasteiger charge is -1.87. The molecular formula is C4H10O6P2. The van der Waals surface area contributed by atoms with Gasteiger partial charge in [0.15, 0.2) is 0 Å². The van der Waals surface area contributed by atoms with Crippen molar-refractivity contribution in [3.05, 3.63) is 25.2 Å². The van der Waals surface area contributed by atoms with Crippen LogP contribution in [0.15, 0.2) is 25.2 Å². The summed E-state index contributed by atoms with van der Waals surface area (Å²) in [6, 6.07) is 0. The molecule has 0 saturated heterocycles. The monoisotopic (exact) mass is 216 g/mol. The summed E-state index contributed by atoms with van der Waals surface area (Å²) >= 11 is 0. The number of hydrogen-bond acceptors (Lipinski definition) is 3. The standard InChI is InChI=1S/2C2H5O3P/c1-2-6(3,4)5;1-2-5-6(3)4/h2H,1H2,(H2,3,4,5);2,6H,1H2,(H,3,4). The molecule has 8 heteroatoms. The van der Waals surface area contributed by atoms with Gasteiger partial charge < -0.3 is 19.2 Å². The first-order chi connectivity index (χ1) is 5.33. The van der Waals surface area contributed by atoms with E-state index in [0.717, 1.165) is 6.26 Å². The predicted molar refractivity (Wildman–Crippen MR) is 44.7 cm³/mol. The summed E-state index contributed by atoms with van der Waals surface area (Å²) in [6.45, 7) is 5.91. The summed E-state index contributed by atoms with van der Waals surface area (Å²) in [5, 5.41) is 0. The van der Waals surface area contributed by atoms with Crippen LogP contribution in [0.4, 0.5) is 0 Å². The van der Waals surface area contributed by atoms with Gasteiger partial charge in [0.2, 0.25) is 0 Å². The molecule has 0 rings (SSSR count). The molecule has 6 nitrogen and oxygen atoms in total. The lowest BCUT2D eigenvalue weighted by molar-refractivity contribution is 0.378. The molecule has 1 unspecified atom stereocenters. The van der Waals surface area contributed by atoms with E-state index in [1.807, 2.05) is 0 Å². The third-order valence-corrected chi connectivity index (χ3v) is 1.27. The Bertz CT molecular complexity index is 206. The Morgan fingerprint density at radius 2 is 1.75 bits per heavy atom. The number of hydrogen-bond donors (Lipinski definition) is 3. The molecule has 0 aliphatic rings. The summed E-state index contributed by atoms with van der Waals surface area (Å²) in [5.41, 5.74) is 0. The first-order valence-corrected chi connectivity index (χ1v) is 5.47. The molecule has 0 heterocycles.